The lowest BCUT2D eigenvalue weighted by molar-refractivity contribution is 0.0951. The smallest absolute Gasteiger partial charge is 0.264 e. The number of nitrogens with one attached hydrogen (secondary N) is 1. The molecule has 0 bridgehead atoms. The quantitative estimate of drug-likeness (QED) is 0.327. The van der Waals surface area contributed by atoms with Crippen LogP contribution in [0.4, 0.5) is 0 Å². The van der Waals surface area contributed by atoms with Crippen LogP contribution >= 0.6 is 22.6 Å². The SMILES string of the molecule is O=C(NCCn1ncc2c(=O)n(Cc3cccc4ccccc34)cnc21)c1ccccc1I. The minimum Gasteiger partial charge on any atom is -0.350 e. The lowest BCUT2D eigenvalue weighted by Crippen LogP contribution is -2.28. The monoisotopic (exact) mass is 549 g/mol. The first kappa shape index (κ1) is 21.3. The molecule has 5 aromatic rings. The molecule has 164 valence electrons. The van der Waals surface area contributed by atoms with Gasteiger partial charge < -0.3 is 5.32 Å². The lowest BCUT2D eigenvalue weighted by atomic mass is 10.0. The molecule has 1 amide bonds. The van der Waals surface area contributed by atoms with Crippen molar-refractivity contribution in [3.63, 3.8) is 0 Å². The van der Waals surface area contributed by atoms with Crippen LogP contribution in [0.5, 0.6) is 0 Å². The maximum Gasteiger partial charge on any atom is 0.264 e. The highest BCUT2D eigenvalue weighted by molar-refractivity contribution is 14.1. The second-order valence-corrected chi connectivity index (χ2v) is 8.82. The first-order chi connectivity index (χ1) is 16.1. The Morgan fingerprint density at radius 3 is 2.64 bits per heavy atom. The molecule has 0 spiro atoms. The first-order valence-electron chi connectivity index (χ1n) is 10.5. The summed E-state index contributed by atoms with van der Waals surface area (Å²) >= 11 is 2.14. The van der Waals surface area contributed by atoms with Crippen molar-refractivity contribution in [2.24, 2.45) is 0 Å². The maximum atomic E-state index is 13.1. The Labute approximate surface area is 203 Å². The van der Waals surface area contributed by atoms with Gasteiger partial charge in [-0.25, -0.2) is 9.67 Å². The molecule has 0 saturated heterocycles. The number of benzene rings is 3. The number of carbonyl (C=O) groups is 1. The molecule has 0 fully saturated rings. The van der Waals surface area contributed by atoms with E-state index in [4.69, 9.17) is 0 Å². The fraction of sp³-hybridized carbons (Fsp3) is 0.120. The van der Waals surface area contributed by atoms with Crippen LogP contribution in [0, 0.1) is 3.57 Å². The number of hydrogen-bond donors (Lipinski definition) is 1. The van der Waals surface area contributed by atoms with Crippen LogP contribution in [-0.4, -0.2) is 31.8 Å². The molecule has 33 heavy (non-hydrogen) atoms. The molecular weight excluding hydrogens is 529 g/mol. The van der Waals surface area contributed by atoms with E-state index in [2.05, 4.69) is 56.2 Å². The Bertz CT molecular complexity index is 1530. The highest BCUT2D eigenvalue weighted by atomic mass is 127. The predicted molar refractivity (Wildman–Crippen MR) is 136 cm³/mol. The molecule has 7 nitrogen and oxygen atoms in total. The second kappa shape index (κ2) is 9.14. The zero-order chi connectivity index (χ0) is 22.8. The fourth-order valence-corrected chi connectivity index (χ4v) is 4.54. The van der Waals surface area contributed by atoms with Gasteiger partial charge in [0.05, 0.1) is 24.8 Å². The number of nitrogens with zero attached hydrogens (tertiary/aromatic N) is 4. The molecule has 2 heterocycles. The van der Waals surface area contributed by atoms with E-state index in [-0.39, 0.29) is 11.5 Å². The molecule has 0 saturated carbocycles. The van der Waals surface area contributed by atoms with Crippen molar-refractivity contribution < 1.29 is 4.79 Å². The molecule has 0 aliphatic heterocycles. The van der Waals surface area contributed by atoms with E-state index in [1.807, 2.05) is 42.5 Å². The van der Waals surface area contributed by atoms with Crippen LogP contribution in [0.1, 0.15) is 15.9 Å². The maximum absolute atomic E-state index is 13.1. The zero-order valence-corrected chi connectivity index (χ0v) is 19.8. The van der Waals surface area contributed by atoms with E-state index in [9.17, 15) is 9.59 Å². The molecule has 0 aliphatic carbocycles. The number of carbonyl (C=O) groups excluding carboxylic acids is 1. The van der Waals surface area contributed by atoms with E-state index in [0.29, 0.717) is 36.2 Å². The minimum atomic E-state index is -0.137. The summed E-state index contributed by atoms with van der Waals surface area (Å²) in [4.78, 5) is 30.0. The van der Waals surface area contributed by atoms with Crippen molar-refractivity contribution in [1.29, 1.82) is 0 Å². The third kappa shape index (κ3) is 4.25. The largest absolute Gasteiger partial charge is 0.350 e. The standard InChI is InChI=1S/C25H20IN5O2/c26-22-11-4-3-10-20(22)24(32)27-12-13-31-23-21(14-29-31)25(33)30(16-28-23)15-18-8-5-7-17-6-1-2-9-19(17)18/h1-11,14,16H,12-13,15H2,(H,27,32). The molecule has 0 aliphatic rings. The summed E-state index contributed by atoms with van der Waals surface area (Å²) in [5.74, 6) is -0.137. The van der Waals surface area contributed by atoms with Gasteiger partial charge in [0.2, 0.25) is 0 Å². The van der Waals surface area contributed by atoms with Crippen LogP contribution < -0.4 is 10.9 Å². The molecule has 5 rings (SSSR count). The van der Waals surface area contributed by atoms with Gasteiger partial charge in [-0.3, -0.25) is 14.2 Å². The van der Waals surface area contributed by atoms with E-state index >= 15 is 0 Å². The molecule has 8 heteroatoms. The molecular formula is C25H20IN5O2. The Balaban J connectivity index is 1.34. The summed E-state index contributed by atoms with van der Waals surface area (Å²) in [7, 11) is 0. The van der Waals surface area contributed by atoms with Gasteiger partial charge in [-0.05, 0) is 51.1 Å². The molecule has 3 aromatic carbocycles. The lowest BCUT2D eigenvalue weighted by Gasteiger charge is -2.10. The third-order valence-corrected chi connectivity index (χ3v) is 6.51. The average Bonchev–Trinajstić information content (AvgIpc) is 3.25. The molecule has 0 radical (unpaired) electrons. The van der Waals surface area contributed by atoms with Gasteiger partial charge in [0.15, 0.2) is 5.65 Å². The van der Waals surface area contributed by atoms with Gasteiger partial charge in [0, 0.05) is 10.1 Å². The Morgan fingerprint density at radius 1 is 0.970 bits per heavy atom. The molecule has 1 N–H and O–H groups in total. The van der Waals surface area contributed by atoms with E-state index < -0.39 is 0 Å². The summed E-state index contributed by atoms with van der Waals surface area (Å²) in [6.07, 6.45) is 3.11. The summed E-state index contributed by atoms with van der Waals surface area (Å²) in [5, 5.41) is 9.95. The molecule has 0 atom stereocenters. The number of halogens is 1. The Kier molecular flexibility index (Phi) is 5.91. The Hall–Kier alpha value is -3.53. The van der Waals surface area contributed by atoms with Crippen LogP contribution in [0.15, 0.2) is 84.0 Å². The van der Waals surface area contributed by atoms with Crippen LogP contribution in [0.2, 0.25) is 0 Å². The van der Waals surface area contributed by atoms with E-state index in [1.54, 1.807) is 27.8 Å². The predicted octanol–water partition coefficient (Wildman–Crippen LogP) is 3.83. The number of rotatable bonds is 6. The fourth-order valence-electron chi connectivity index (χ4n) is 3.90. The van der Waals surface area contributed by atoms with Crippen LogP contribution in [-0.2, 0) is 13.1 Å². The number of amides is 1. The van der Waals surface area contributed by atoms with Crippen molar-refractivity contribution in [1.82, 2.24) is 24.6 Å². The normalized spacial score (nSPS) is 11.2. The van der Waals surface area contributed by atoms with Crippen molar-refractivity contribution >= 4 is 50.3 Å². The highest BCUT2D eigenvalue weighted by Crippen LogP contribution is 2.19. The number of fused-ring (bicyclic) bond motifs is 2. The van der Waals surface area contributed by atoms with Gasteiger partial charge in [0.25, 0.3) is 11.5 Å². The van der Waals surface area contributed by atoms with Gasteiger partial charge in [-0.15, -0.1) is 0 Å². The van der Waals surface area contributed by atoms with Gasteiger partial charge in [-0.2, -0.15) is 5.10 Å². The van der Waals surface area contributed by atoms with E-state index in [0.717, 1.165) is 19.9 Å². The summed E-state index contributed by atoms with van der Waals surface area (Å²) in [6, 6.07) is 21.6. The average molecular weight is 549 g/mol. The Morgan fingerprint density at radius 2 is 1.76 bits per heavy atom. The van der Waals surface area contributed by atoms with Crippen molar-refractivity contribution in [2.75, 3.05) is 6.54 Å². The molecule has 2 aromatic heterocycles. The minimum absolute atomic E-state index is 0.137. The first-order valence-corrected chi connectivity index (χ1v) is 11.6. The van der Waals surface area contributed by atoms with Gasteiger partial charge in [0.1, 0.15) is 11.7 Å². The summed E-state index contributed by atoms with van der Waals surface area (Å²) in [5.41, 5.74) is 2.07. The van der Waals surface area contributed by atoms with Crippen LogP contribution in [0.3, 0.4) is 0 Å². The van der Waals surface area contributed by atoms with Gasteiger partial charge >= 0.3 is 0 Å². The highest BCUT2D eigenvalue weighted by Gasteiger charge is 2.13. The summed E-state index contributed by atoms with van der Waals surface area (Å²) in [6.45, 7) is 1.22. The third-order valence-electron chi connectivity index (χ3n) is 5.57. The molecule has 0 unspecified atom stereocenters. The topological polar surface area (TPSA) is 81.8 Å². The van der Waals surface area contributed by atoms with Crippen LogP contribution in [0.25, 0.3) is 21.8 Å². The van der Waals surface area contributed by atoms with Crippen molar-refractivity contribution in [3.05, 3.63) is 104 Å². The second-order valence-electron chi connectivity index (χ2n) is 7.66. The number of aromatic nitrogens is 4. The van der Waals surface area contributed by atoms with Crippen molar-refractivity contribution in [2.45, 2.75) is 13.1 Å². The van der Waals surface area contributed by atoms with Gasteiger partial charge in [-0.1, -0.05) is 54.6 Å². The van der Waals surface area contributed by atoms with E-state index in [1.165, 1.54) is 0 Å². The van der Waals surface area contributed by atoms with Crippen molar-refractivity contribution in [3.8, 4) is 0 Å². The number of hydrogen-bond acceptors (Lipinski definition) is 4. The zero-order valence-electron chi connectivity index (χ0n) is 17.6. The summed E-state index contributed by atoms with van der Waals surface area (Å²) < 4.78 is 4.15.